The molecule has 7 atom stereocenters. The third-order valence-corrected chi connectivity index (χ3v) is 11.5. The van der Waals surface area contributed by atoms with Gasteiger partial charge in [0, 0.05) is 6.42 Å². The van der Waals surface area contributed by atoms with Crippen molar-refractivity contribution in [3.05, 3.63) is 29.3 Å². The van der Waals surface area contributed by atoms with Gasteiger partial charge in [0.2, 0.25) is 0 Å². The monoisotopic (exact) mass is 688 g/mol. The third kappa shape index (κ3) is 7.39. The van der Waals surface area contributed by atoms with E-state index in [1.807, 2.05) is 6.07 Å². The number of aliphatic carboxylic acids is 1. The molecule has 1 unspecified atom stereocenters. The maximum Gasteiger partial charge on any atom is 0.460 e. The highest BCUT2D eigenvalue weighted by molar-refractivity contribution is 5.69. The lowest BCUT2D eigenvalue weighted by molar-refractivity contribution is -0.396. The summed E-state index contributed by atoms with van der Waals surface area (Å²) in [7, 11) is 0. The number of aliphatic hydroxyl groups is 1. The zero-order valence-corrected chi connectivity index (χ0v) is 26.5. The molecule has 3 aliphatic carbocycles. The quantitative estimate of drug-likeness (QED) is 0.127. The number of phenols is 1. The van der Waals surface area contributed by atoms with Gasteiger partial charge in [-0.05, 0) is 104 Å². The Kier molecular flexibility index (Phi) is 11.2. The predicted molar refractivity (Wildman–Crippen MR) is 156 cm³/mol. The maximum absolute atomic E-state index is 13.9. The van der Waals surface area contributed by atoms with E-state index in [0.717, 1.165) is 57.8 Å². The number of aliphatic hydroxyl groups excluding tert-OH is 1. The standard InChI is InChI=1S/C34H45F9O4/c1-30-19-22(28-24-13-11-23(44)18-21(24)10-12-25(28)26(30)14-15-27(30)45)9-7-5-3-2-4-6-8-20(29(46)47)16-17-31(35,36)32(37,38)33(39,40)34(41,42)43/h11,13,18,20,22,25-28,44-45H,2-10,12,14-17,19H2,1H3,(H,46,47)/t20?,22-,25-,26-,27-,28+,30-/m0/s1. The van der Waals surface area contributed by atoms with Crippen molar-refractivity contribution in [2.45, 2.75) is 139 Å². The number of carboxylic acids is 1. The molecule has 47 heavy (non-hydrogen) atoms. The largest absolute Gasteiger partial charge is 0.508 e. The Morgan fingerprint density at radius 2 is 1.53 bits per heavy atom. The summed E-state index contributed by atoms with van der Waals surface area (Å²) >= 11 is 0. The fraction of sp³-hybridized carbons (Fsp3) is 0.794. The fourth-order valence-electron chi connectivity index (χ4n) is 8.95. The Morgan fingerprint density at radius 3 is 2.17 bits per heavy atom. The number of aromatic hydroxyl groups is 1. The number of benzene rings is 1. The Hall–Kier alpha value is -2.18. The lowest BCUT2D eigenvalue weighted by Crippen LogP contribution is -2.60. The van der Waals surface area contributed by atoms with E-state index in [-0.39, 0.29) is 30.1 Å². The number of halogens is 9. The summed E-state index contributed by atoms with van der Waals surface area (Å²) in [6.07, 6.45) is -1.01. The molecule has 268 valence electrons. The van der Waals surface area contributed by atoms with Crippen LogP contribution >= 0.6 is 0 Å². The van der Waals surface area contributed by atoms with Crippen LogP contribution in [0, 0.1) is 29.1 Å². The Morgan fingerprint density at radius 1 is 0.894 bits per heavy atom. The third-order valence-electron chi connectivity index (χ3n) is 11.5. The van der Waals surface area contributed by atoms with Gasteiger partial charge in [0.15, 0.2) is 0 Å². The van der Waals surface area contributed by atoms with Crippen molar-refractivity contribution in [3.63, 3.8) is 0 Å². The smallest absolute Gasteiger partial charge is 0.460 e. The van der Waals surface area contributed by atoms with Gasteiger partial charge >= 0.3 is 29.9 Å². The van der Waals surface area contributed by atoms with Crippen LogP contribution < -0.4 is 0 Å². The summed E-state index contributed by atoms with van der Waals surface area (Å²) in [6, 6.07) is 5.66. The van der Waals surface area contributed by atoms with Crippen LogP contribution in [0.5, 0.6) is 5.75 Å². The van der Waals surface area contributed by atoms with Crippen LogP contribution in [0.25, 0.3) is 0 Å². The molecule has 4 rings (SSSR count). The summed E-state index contributed by atoms with van der Waals surface area (Å²) in [5, 5.41) is 30.3. The Balaban J connectivity index is 1.24. The SMILES string of the molecule is C[C@]12C[C@H](CCCCCCCCC(CCC(F)(F)C(F)(F)C(F)(F)C(F)(F)F)C(=O)O)[C@@H]3c4ccc(O)cc4CC[C@H]3[C@@H]1CC[C@@H]2O. The maximum atomic E-state index is 13.9. The number of fused-ring (bicyclic) bond motifs is 5. The van der Waals surface area contributed by atoms with E-state index in [1.165, 1.54) is 11.1 Å². The van der Waals surface area contributed by atoms with Gasteiger partial charge in [-0.3, -0.25) is 4.79 Å². The molecule has 0 heterocycles. The van der Waals surface area contributed by atoms with E-state index in [2.05, 4.69) is 13.0 Å². The highest BCUT2D eigenvalue weighted by Gasteiger charge is 2.81. The summed E-state index contributed by atoms with van der Waals surface area (Å²) in [4.78, 5) is 11.5. The van der Waals surface area contributed by atoms with Crippen LogP contribution in [0.15, 0.2) is 18.2 Å². The number of hydrogen-bond acceptors (Lipinski definition) is 3. The number of carboxylic acid groups (broad SMARTS) is 1. The van der Waals surface area contributed by atoms with E-state index >= 15 is 0 Å². The zero-order chi connectivity index (χ0) is 35.0. The van der Waals surface area contributed by atoms with Gasteiger partial charge in [0.1, 0.15) is 5.75 Å². The molecule has 0 radical (unpaired) electrons. The average Bonchev–Trinajstić information content (AvgIpc) is 3.27. The summed E-state index contributed by atoms with van der Waals surface area (Å²) in [6.45, 7) is 2.22. The topological polar surface area (TPSA) is 77.8 Å². The fourth-order valence-corrected chi connectivity index (χ4v) is 8.95. The molecule has 0 aliphatic heterocycles. The second-order valence-electron chi connectivity index (χ2n) is 14.4. The molecule has 3 N–H and O–H groups in total. The molecule has 4 nitrogen and oxygen atoms in total. The van der Waals surface area contributed by atoms with Crippen LogP contribution in [0.4, 0.5) is 39.5 Å². The molecule has 2 fully saturated rings. The van der Waals surface area contributed by atoms with Crippen LogP contribution in [0.3, 0.4) is 0 Å². The lowest BCUT2D eigenvalue weighted by atomic mass is 9.51. The minimum absolute atomic E-state index is 0.125. The average molecular weight is 689 g/mol. The van der Waals surface area contributed by atoms with E-state index in [9.17, 15) is 59.6 Å². The Labute approximate surface area is 269 Å². The van der Waals surface area contributed by atoms with Crippen LogP contribution in [0.2, 0.25) is 0 Å². The normalized spacial score (nSPS) is 28.8. The van der Waals surface area contributed by atoms with Crippen LogP contribution in [-0.4, -0.2) is 51.3 Å². The van der Waals surface area contributed by atoms with Crippen molar-refractivity contribution < 1.29 is 59.6 Å². The van der Waals surface area contributed by atoms with Crippen molar-refractivity contribution in [2.75, 3.05) is 0 Å². The van der Waals surface area contributed by atoms with Gasteiger partial charge in [-0.15, -0.1) is 0 Å². The van der Waals surface area contributed by atoms with Gasteiger partial charge in [-0.1, -0.05) is 51.5 Å². The first-order valence-electron chi connectivity index (χ1n) is 16.7. The molecule has 0 saturated heterocycles. The number of carbonyl (C=O) groups is 1. The second kappa shape index (κ2) is 14.0. The number of hydrogen-bond donors (Lipinski definition) is 3. The van der Waals surface area contributed by atoms with Crippen molar-refractivity contribution in [1.82, 2.24) is 0 Å². The van der Waals surface area contributed by atoms with Crippen molar-refractivity contribution in [1.29, 1.82) is 0 Å². The van der Waals surface area contributed by atoms with Crippen molar-refractivity contribution in [2.24, 2.45) is 29.1 Å². The molecule has 0 spiro atoms. The number of phenolic OH excluding ortho intramolecular Hbond substituents is 1. The number of alkyl halides is 9. The summed E-state index contributed by atoms with van der Waals surface area (Å²) in [5.74, 6) is -20.8. The van der Waals surface area contributed by atoms with E-state index in [0.29, 0.717) is 36.5 Å². The predicted octanol–water partition coefficient (Wildman–Crippen LogP) is 9.91. The number of rotatable bonds is 15. The molecular formula is C34H45F9O4. The first-order valence-corrected chi connectivity index (χ1v) is 16.7. The van der Waals surface area contributed by atoms with Gasteiger partial charge in [-0.25, -0.2) is 0 Å². The molecule has 0 amide bonds. The van der Waals surface area contributed by atoms with Gasteiger partial charge in [0.25, 0.3) is 0 Å². The highest BCUT2D eigenvalue weighted by atomic mass is 19.4. The van der Waals surface area contributed by atoms with Crippen molar-refractivity contribution >= 4 is 5.97 Å². The summed E-state index contributed by atoms with van der Waals surface area (Å²) in [5.41, 5.74) is 2.37. The van der Waals surface area contributed by atoms with Crippen LogP contribution in [-0.2, 0) is 11.2 Å². The molecule has 0 bridgehead atoms. The van der Waals surface area contributed by atoms with Gasteiger partial charge in [-0.2, -0.15) is 39.5 Å². The Bertz CT molecular complexity index is 1240. The number of aryl methyl sites for hydroxylation is 1. The first kappa shape index (κ1) is 37.6. The minimum Gasteiger partial charge on any atom is -0.508 e. The zero-order valence-electron chi connectivity index (χ0n) is 26.5. The van der Waals surface area contributed by atoms with E-state index < -0.39 is 48.7 Å². The molecule has 3 aliphatic rings. The molecule has 1 aromatic rings. The van der Waals surface area contributed by atoms with Gasteiger partial charge < -0.3 is 15.3 Å². The lowest BCUT2D eigenvalue weighted by Gasteiger charge is -2.54. The summed E-state index contributed by atoms with van der Waals surface area (Å²) < 4.78 is 118. The molecular weight excluding hydrogens is 643 g/mol. The molecule has 2 saturated carbocycles. The van der Waals surface area contributed by atoms with Crippen molar-refractivity contribution in [3.8, 4) is 5.75 Å². The number of unbranched alkanes of at least 4 members (excludes halogenated alkanes) is 5. The second-order valence-corrected chi connectivity index (χ2v) is 14.4. The minimum atomic E-state index is -6.98. The first-order chi connectivity index (χ1) is 21.7. The van der Waals surface area contributed by atoms with Crippen LogP contribution in [0.1, 0.15) is 114 Å². The highest BCUT2D eigenvalue weighted by Crippen LogP contribution is 2.63. The molecule has 13 heteroatoms. The van der Waals surface area contributed by atoms with Gasteiger partial charge in [0.05, 0.1) is 12.0 Å². The molecule has 0 aromatic heterocycles. The van der Waals surface area contributed by atoms with E-state index in [4.69, 9.17) is 0 Å². The van der Waals surface area contributed by atoms with E-state index in [1.54, 1.807) is 6.07 Å². The molecule has 1 aromatic carbocycles.